The van der Waals surface area contributed by atoms with E-state index >= 15 is 0 Å². The summed E-state index contributed by atoms with van der Waals surface area (Å²) in [5.74, 6) is 0. The van der Waals surface area contributed by atoms with Crippen molar-refractivity contribution in [1.29, 1.82) is 0 Å². The topological polar surface area (TPSA) is 175 Å². The molecule has 0 bridgehead atoms. The van der Waals surface area contributed by atoms with Crippen molar-refractivity contribution in [3.05, 3.63) is 71.6 Å². The van der Waals surface area contributed by atoms with Crippen LogP contribution in [-0.2, 0) is 27.1 Å². The lowest BCUT2D eigenvalue weighted by Crippen LogP contribution is -2.31. The quantitative estimate of drug-likeness (QED) is 0.196. The van der Waals surface area contributed by atoms with Gasteiger partial charge in [-0.2, -0.15) is 8.42 Å². The van der Waals surface area contributed by atoms with E-state index in [-0.39, 0.29) is 23.8 Å². The molecule has 0 aromatic heterocycles. The molecule has 3 N–H and O–H groups in total. The highest BCUT2D eigenvalue weighted by Gasteiger charge is 2.14. The van der Waals surface area contributed by atoms with Crippen LogP contribution in [0.1, 0.15) is 5.56 Å². The number of aliphatic hydroxyl groups excluding tert-OH is 2. The smallest absolute Gasteiger partial charge is 0.395 e. The summed E-state index contributed by atoms with van der Waals surface area (Å²) in [6.45, 7) is 1.91. The van der Waals surface area contributed by atoms with Gasteiger partial charge in [-0.15, -0.1) is 24.0 Å². The van der Waals surface area contributed by atoms with E-state index in [1.54, 1.807) is 29.5 Å². The molecule has 1 heterocycles. The molecule has 0 saturated carbocycles. The van der Waals surface area contributed by atoms with Crippen LogP contribution in [0.25, 0.3) is 20.8 Å². The maximum absolute atomic E-state index is 11.6. The number of hydrogen-bond acceptors (Lipinski definition) is 11. The largest absolute Gasteiger partial charge is 0.425 e. The van der Waals surface area contributed by atoms with Gasteiger partial charge in [-0.3, -0.25) is 9.45 Å². The van der Waals surface area contributed by atoms with E-state index in [1.807, 2.05) is 23.1 Å². The van der Waals surface area contributed by atoms with E-state index in [1.165, 1.54) is 12.1 Å². The highest BCUT2D eigenvalue weighted by Crippen LogP contribution is 2.30. The monoisotopic (exact) mass is 579 g/mol. The van der Waals surface area contributed by atoms with E-state index in [2.05, 4.69) is 17.1 Å². The minimum absolute atomic E-state index is 0.0582. The second-order valence-corrected chi connectivity index (χ2v) is 10.8. The molecule has 1 aliphatic carbocycles. The van der Waals surface area contributed by atoms with Crippen LogP contribution in [0.5, 0.6) is 0 Å². The Labute approximate surface area is 224 Å². The number of nitrogens with zero attached hydrogens (tertiary/aromatic N) is 3. The molecule has 2 aromatic carbocycles. The Bertz CT molecular complexity index is 1640. The third-order valence-corrected chi connectivity index (χ3v) is 7.38. The van der Waals surface area contributed by atoms with Crippen LogP contribution in [0.2, 0.25) is 0 Å². The van der Waals surface area contributed by atoms with Crippen molar-refractivity contribution in [2.45, 2.75) is 11.3 Å². The summed E-state index contributed by atoms with van der Waals surface area (Å²) in [6, 6.07) is 17.7. The molecular formula is C24H25N3O8S3. The minimum atomic E-state index is -4.38. The van der Waals surface area contributed by atoms with Gasteiger partial charge in [-0.1, -0.05) is 18.2 Å². The third kappa shape index (κ3) is 8.46. The van der Waals surface area contributed by atoms with Crippen LogP contribution >= 0.6 is 11.3 Å². The molecular weight excluding hydrogens is 554 g/mol. The average Bonchev–Trinajstić information content (AvgIpc) is 2.85. The van der Waals surface area contributed by atoms with Gasteiger partial charge >= 0.3 is 10.6 Å². The van der Waals surface area contributed by atoms with Gasteiger partial charge in [0.1, 0.15) is 4.90 Å². The highest BCUT2D eigenvalue weighted by atomic mass is 32.2. The molecule has 1 aliphatic heterocycles. The standard InChI is InChI=1S/C24H25N3O5S2.O3S/c28-13-11-27(12-14-29)10-9-17-5-8-22-21(15-17)26-19-7-6-18(16-23(19)33-22)25-20-3-1-2-4-24(20)34(30,31)32;1-4(2)3/h1-8,15-16,28-29H,9-14H2,(H,30,31,32);. The SMILES string of the molecule is O=S(=O)(O)c1ccccc1N=c1ccc2nc3cc(CCN(CCO)CCO)ccc3sc-2c1.O=S(=O)=O. The first-order chi connectivity index (χ1) is 18.1. The summed E-state index contributed by atoms with van der Waals surface area (Å²) >= 11 is 1.57. The molecule has 11 nitrogen and oxygen atoms in total. The van der Waals surface area contributed by atoms with Gasteiger partial charge in [0.15, 0.2) is 0 Å². The molecule has 0 radical (unpaired) electrons. The van der Waals surface area contributed by atoms with Gasteiger partial charge in [0.25, 0.3) is 10.1 Å². The molecule has 0 amide bonds. The molecule has 0 atom stereocenters. The normalized spacial score (nSPS) is 12.1. The number of rotatable bonds is 9. The fraction of sp³-hybridized carbons (Fsp3) is 0.250. The maximum atomic E-state index is 11.6. The zero-order valence-corrected chi connectivity index (χ0v) is 22.4. The Morgan fingerprint density at radius 3 is 2.26 bits per heavy atom. The molecule has 0 saturated heterocycles. The number of hydrogen-bond donors (Lipinski definition) is 3. The van der Waals surface area contributed by atoms with E-state index in [0.29, 0.717) is 18.4 Å². The van der Waals surface area contributed by atoms with Gasteiger partial charge in [0, 0.05) is 19.6 Å². The summed E-state index contributed by atoms with van der Waals surface area (Å²) < 4.78 is 59.1. The van der Waals surface area contributed by atoms with E-state index in [4.69, 9.17) is 17.6 Å². The van der Waals surface area contributed by atoms with Gasteiger partial charge in [-0.05, 0) is 54.4 Å². The molecule has 2 aliphatic rings. The lowest BCUT2D eigenvalue weighted by atomic mass is 10.1. The molecule has 14 heteroatoms. The van der Waals surface area contributed by atoms with E-state index in [0.717, 1.165) is 39.3 Å². The van der Waals surface area contributed by atoms with Crippen molar-refractivity contribution in [3.8, 4) is 10.6 Å². The lowest BCUT2D eigenvalue weighted by Gasteiger charge is -2.20. The maximum Gasteiger partial charge on any atom is 0.425 e. The van der Waals surface area contributed by atoms with Crippen LogP contribution in [0.3, 0.4) is 0 Å². The lowest BCUT2D eigenvalue weighted by molar-refractivity contribution is 0.162. The Morgan fingerprint density at radius 2 is 1.61 bits per heavy atom. The Kier molecular flexibility index (Phi) is 10.6. The molecule has 0 fully saturated rings. The summed E-state index contributed by atoms with van der Waals surface area (Å²) in [5, 5.41) is 18.9. The Balaban J connectivity index is 0.000000934. The Hall–Kier alpha value is -3.11. The summed E-state index contributed by atoms with van der Waals surface area (Å²) in [6.07, 6.45) is 0.783. The second kappa shape index (κ2) is 13.6. The molecule has 0 spiro atoms. The van der Waals surface area contributed by atoms with Crippen LogP contribution in [-0.4, -0.2) is 78.5 Å². The number of aliphatic hydroxyl groups is 2. The van der Waals surface area contributed by atoms with Crippen LogP contribution in [0, 0.1) is 0 Å². The van der Waals surface area contributed by atoms with Crippen molar-refractivity contribution in [1.82, 2.24) is 9.88 Å². The average molecular weight is 580 g/mol. The van der Waals surface area contributed by atoms with Crippen molar-refractivity contribution >= 4 is 48.0 Å². The van der Waals surface area contributed by atoms with Crippen molar-refractivity contribution in [3.63, 3.8) is 0 Å². The van der Waals surface area contributed by atoms with Crippen molar-refractivity contribution in [2.24, 2.45) is 4.99 Å². The number of benzene rings is 3. The molecule has 38 heavy (non-hydrogen) atoms. The van der Waals surface area contributed by atoms with Gasteiger partial charge in [0.2, 0.25) is 0 Å². The van der Waals surface area contributed by atoms with Crippen molar-refractivity contribution < 1.29 is 35.8 Å². The van der Waals surface area contributed by atoms with E-state index < -0.39 is 20.7 Å². The fourth-order valence-electron chi connectivity index (χ4n) is 3.70. The second-order valence-electron chi connectivity index (χ2n) is 7.97. The first kappa shape index (κ1) is 29.4. The van der Waals surface area contributed by atoms with Crippen LogP contribution in [0.4, 0.5) is 5.69 Å². The predicted octanol–water partition coefficient (Wildman–Crippen LogP) is 1.71. The van der Waals surface area contributed by atoms with Crippen LogP contribution < -0.4 is 5.36 Å². The number of para-hydroxylation sites is 1. The molecule has 2 aromatic rings. The van der Waals surface area contributed by atoms with Gasteiger partial charge in [-0.25, -0.2) is 9.98 Å². The third-order valence-electron chi connectivity index (χ3n) is 5.37. The van der Waals surface area contributed by atoms with Crippen LogP contribution in [0.15, 0.2) is 70.6 Å². The number of fused-ring (bicyclic) bond motifs is 2. The van der Waals surface area contributed by atoms with Gasteiger partial charge in [0.05, 0.1) is 45.0 Å². The molecule has 202 valence electrons. The predicted molar refractivity (Wildman–Crippen MR) is 142 cm³/mol. The zero-order valence-electron chi connectivity index (χ0n) is 20.0. The first-order valence-corrected chi connectivity index (χ1v) is 14.5. The summed E-state index contributed by atoms with van der Waals surface area (Å²) in [4.78, 5) is 11.9. The molecule has 4 rings (SSSR count). The van der Waals surface area contributed by atoms with Crippen molar-refractivity contribution in [2.75, 3.05) is 32.8 Å². The summed E-state index contributed by atoms with van der Waals surface area (Å²) in [5.41, 5.74) is 2.98. The fourth-order valence-corrected chi connectivity index (χ4v) is 5.31. The molecule has 0 unspecified atom stereocenters. The number of aromatic nitrogens is 1. The Morgan fingerprint density at radius 1 is 0.921 bits per heavy atom. The minimum Gasteiger partial charge on any atom is -0.395 e. The van der Waals surface area contributed by atoms with Gasteiger partial charge < -0.3 is 10.2 Å². The summed E-state index contributed by atoms with van der Waals surface area (Å²) in [7, 11) is -7.49. The zero-order chi connectivity index (χ0) is 27.7. The van der Waals surface area contributed by atoms with E-state index in [9.17, 15) is 23.2 Å². The first-order valence-electron chi connectivity index (χ1n) is 11.3. The highest BCUT2D eigenvalue weighted by molar-refractivity contribution is 7.86.